The second kappa shape index (κ2) is 8.19. The van der Waals surface area contributed by atoms with Crippen molar-refractivity contribution in [2.75, 3.05) is 18.4 Å². The molecule has 2 aromatic rings. The first kappa shape index (κ1) is 19.5. The van der Waals surface area contributed by atoms with Crippen LogP contribution in [0.5, 0.6) is 0 Å². The molecule has 0 unspecified atom stereocenters. The number of anilines is 1. The van der Waals surface area contributed by atoms with E-state index in [0.717, 1.165) is 43.4 Å². The normalized spacial score (nSPS) is 15.5. The van der Waals surface area contributed by atoms with Crippen molar-refractivity contribution in [1.82, 2.24) is 4.31 Å². The Kier molecular flexibility index (Phi) is 5.92. The molecule has 1 aliphatic heterocycles. The number of benzene rings is 2. The van der Waals surface area contributed by atoms with E-state index in [1.165, 1.54) is 10.4 Å². The van der Waals surface area contributed by atoms with Crippen molar-refractivity contribution in [2.45, 2.75) is 37.5 Å². The van der Waals surface area contributed by atoms with Gasteiger partial charge in [-0.25, -0.2) is 12.8 Å². The number of carbonyl (C=O) groups excluding carboxylic acids is 1. The molecule has 0 bridgehead atoms. The summed E-state index contributed by atoms with van der Waals surface area (Å²) < 4.78 is 41.1. The highest BCUT2D eigenvalue weighted by molar-refractivity contribution is 7.89. The van der Waals surface area contributed by atoms with E-state index in [1.54, 1.807) is 12.1 Å². The third kappa shape index (κ3) is 4.36. The highest BCUT2D eigenvalue weighted by atomic mass is 32.2. The van der Waals surface area contributed by atoms with Crippen molar-refractivity contribution in [2.24, 2.45) is 0 Å². The number of hydrogen-bond donors (Lipinski definition) is 1. The maximum absolute atomic E-state index is 14.2. The molecule has 3 rings (SSSR count). The van der Waals surface area contributed by atoms with Gasteiger partial charge in [0.2, 0.25) is 10.0 Å². The number of hydrogen-bond acceptors (Lipinski definition) is 3. The fourth-order valence-corrected chi connectivity index (χ4v) is 4.66. The second-order valence-corrected chi connectivity index (χ2v) is 8.55. The summed E-state index contributed by atoms with van der Waals surface area (Å²) in [5.41, 5.74) is 1.36. The van der Waals surface area contributed by atoms with Crippen LogP contribution in [-0.2, 0) is 16.4 Å². The van der Waals surface area contributed by atoms with E-state index < -0.39 is 21.7 Å². The van der Waals surface area contributed by atoms with Crippen LogP contribution in [0.25, 0.3) is 0 Å². The van der Waals surface area contributed by atoms with Gasteiger partial charge >= 0.3 is 0 Å². The third-order valence-corrected chi connectivity index (χ3v) is 6.65. The quantitative estimate of drug-likeness (QED) is 0.844. The fourth-order valence-electron chi connectivity index (χ4n) is 3.12. The molecule has 0 aromatic heterocycles. The number of amides is 1. The standard InChI is InChI=1S/C20H23FN2O3S/c1-2-15-6-8-16(9-7-15)22-20(24)18-14-17(10-11-19(18)21)27(25,26)23-12-4-3-5-13-23/h6-11,14H,2-5,12-13H2,1H3,(H,22,24). The van der Waals surface area contributed by atoms with Gasteiger partial charge in [-0.05, 0) is 55.2 Å². The Labute approximate surface area is 159 Å². The summed E-state index contributed by atoms with van der Waals surface area (Å²) in [6.07, 6.45) is 3.49. The highest BCUT2D eigenvalue weighted by Crippen LogP contribution is 2.23. The van der Waals surface area contributed by atoms with Crippen LogP contribution in [0.1, 0.15) is 42.1 Å². The molecule has 1 fully saturated rings. The zero-order valence-corrected chi connectivity index (χ0v) is 16.1. The molecule has 1 N–H and O–H groups in total. The molecular weight excluding hydrogens is 367 g/mol. The summed E-state index contributed by atoms with van der Waals surface area (Å²) >= 11 is 0. The minimum absolute atomic E-state index is 0.0581. The van der Waals surface area contributed by atoms with Gasteiger partial charge in [-0.15, -0.1) is 0 Å². The van der Waals surface area contributed by atoms with E-state index in [0.29, 0.717) is 18.8 Å². The predicted molar refractivity (Wildman–Crippen MR) is 103 cm³/mol. The molecule has 0 spiro atoms. The lowest BCUT2D eigenvalue weighted by molar-refractivity contribution is 0.102. The number of rotatable bonds is 5. The molecule has 0 saturated carbocycles. The maximum atomic E-state index is 14.2. The fraction of sp³-hybridized carbons (Fsp3) is 0.350. The molecule has 0 aliphatic carbocycles. The lowest BCUT2D eigenvalue weighted by Gasteiger charge is -2.26. The van der Waals surface area contributed by atoms with Gasteiger partial charge in [-0.2, -0.15) is 4.31 Å². The minimum Gasteiger partial charge on any atom is -0.322 e. The average molecular weight is 390 g/mol. The van der Waals surface area contributed by atoms with Crippen molar-refractivity contribution >= 4 is 21.6 Å². The van der Waals surface area contributed by atoms with E-state index in [2.05, 4.69) is 5.32 Å². The smallest absolute Gasteiger partial charge is 0.258 e. The first-order chi connectivity index (χ1) is 12.9. The van der Waals surface area contributed by atoms with E-state index in [4.69, 9.17) is 0 Å². The molecule has 7 heteroatoms. The molecule has 1 saturated heterocycles. The van der Waals surface area contributed by atoms with Crippen molar-refractivity contribution < 1.29 is 17.6 Å². The summed E-state index contributed by atoms with van der Waals surface area (Å²) in [6, 6.07) is 10.6. The molecule has 2 aromatic carbocycles. The summed E-state index contributed by atoms with van der Waals surface area (Å²) in [7, 11) is -3.73. The van der Waals surface area contributed by atoms with Gasteiger partial charge in [-0.3, -0.25) is 4.79 Å². The monoisotopic (exact) mass is 390 g/mol. The Balaban J connectivity index is 1.84. The van der Waals surface area contributed by atoms with E-state index in [9.17, 15) is 17.6 Å². The molecule has 1 aliphatic rings. The van der Waals surface area contributed by atoms with E-state index in [1.807, 2.05) is 19.1 Å². The number of nitrogens with one attached hydrogen (secondary N) is 1. The number of halogens is 1. The maximum Gasteiger partial charge on any atom is 0.258 e. The summed E-state index contributed by atoms with van der Waals surface area (Å²) in [6.45, 7) is 2.92. The number of sulfonamides is 1. The second-order valence-electron chi connectivity index (χ2n) is 6.61. The predicted octanol–water partition coefficient (Wildman–Crippen LogP) is 3.82. The molecule has 5 nitrogen and oxygen atoms in total. The number of piperidine rings is 1. The zero-order chi connectivity index (χ0) is 19.4. The van der Waals surface area contributed by atoms with Crippen LogP contribution in [0.3, 0.4) is 0 Å². The van der Waals surface area contributed by atoms with Crippen LogP contribution >= 0.6 is 0 Å². The van der Waals surface area contributed by atoms with Gasteiger partial charge < -0.3 is 5.32 Å². The minimum atomic E-state index is -3.73. The summed E-state index contributed by atoms with van der Waals surface area (Å²) in [5, 5.41) is 2.62. The van der Waals surface area contributed by atoms with Gasteiger partial charge in [0.25, 0.3) is 5.91 Å². The first-order valence-corrected chi connectivity index (χ1v) is 10.6. The van der Waals surface area contributed by atoms with Crippen molar-refractivity contribution in [3.8, 4) is 0 Å². The van der Waals surface area contributed by atoms with E-state index in [-0.39, 0.29) is 10.5 Å². The molecular formula is C20H23FN2O3S. The Morgan fingerprint density at radius 3 is 2.37 bits per heavy atom. The van der Waals surface area contributed by atoms with Crippen LogP contribution < -0.4 is 5.32 Å². The molecule has 27 heavy (non-hydrogen) atoms. The van der Waals surface area contributed by atoms with Crippen LogP contribution in [0.2, 0.25) is 0 Å². The highest BCUT2D eigenvalue weighted by Gasteiger charge is 2.27. The van der Waals surface area contributed by atoms with Crippen molar-refractivity contribution in [3.05, 3.63) is 59.4 Å². The van der Waals surface area contributed by atoms with Crippen molar-refractivity contribution in [3.63, 3.8) is 0 Å². The SMILES string of the molecule is CCc1ccc(NC(=O)c2cc(S(=O)(=O)N3CCCCC3)ccc2F)cc1. The lowest BCUT2D eigenvalue weighted by Crippen LogP contribution is -2.35. The number of aryl methyl sites for hydroxylation is 1. The van der Waals surface area contributed by atoms with Crippen LogP contribution in [-0.4, -0.2) is 31.7 Å². The van der Waals surface area contributed by atoms with Crippen LogP contribution in [0, 0.1) is 5.82 Å². The zero-order valence-electron chi connectivity index (χ0n) is 15.2. The summed E-state index contributed by atoms with van der Waals surface area (Å²) in [4.78, 5) is 12.4. The Hall–Kier alpha value is -2.25. The topological polar surface area (TPSA) is 66.5 Å². The average Bonchev–Trinajstić information content (AvgIpc) is 2.69. The first-order valence-electron chi connectivity index (χ1n) is 9.12. The van der Waals surface area contributed by atoms with Crippen molar-refractivity contribution in [1.29, 1.82) is 0 Å². The van der Waals surface area contributed by atoms with Crippen LogP contribution in [0.15, 0.2) is 47.4 Å². The Morgan fingerprint density at radius 1 is 1.07 bits per heavy atom. The lowest BCUT2D eigenvalue weighted by atomic mass is 10.1. The molecule has 1 heterocycles. The molecule has 0 atom stereocenters. The number of carbonyl (C=O) groups is 1. The third-order valence-electron chi connectivity index (χ3n) is 4.76. The van der Waals surface area contributed by atoms with E-state index >= 15 is 0 Å². The van der Waals surface area contributed by atoms with Gasteiger partial charge in [-0.1, -0.05) is 25.5 Å². The van der Waals surface area contributed by atoms with Crippen LogP contribution in [0.4, 0.5) is 10.1 Å². The largest absolute Gasteiger partial charge is 0.322 e. The van der Waals surface area contributed by atoms with Gasteiger partial charge in [0.1, 0.15) is 5.82 Å². The molecule has 1 amide bonds. The number of nitrogens with zero attached hydrogens (tertiary/aromatic N) is 1. The Bertz CT molecular complexity index is 921. The molecule has 144 valence electrons. The molecule has 0 radical (unpaired) electrons. The van der Waals surface area contributed by atoms with Gasteiger partial charge in [0.05, 0.1) is 10.5 Å². The van der Waals surface area contributed by atoms with Gasteiger partial charge in [0, 0.05) is 18.8 Å². The Morgan fingerprint density at radius 2 is 1.74 bits per heavy atom. The summed E-state index contributed by atoms with van der Waals surface area (Å²) in [5.74, 6) is -1.43. The van der Waals surface area contributed by atoms with Gasteiger partial charge in [0.15, 0.2) is 0 Å².